The molecular formula is C14H16ClNOS. The summed E-state index contributed by atoms with van der Waals surface area (Å²) < 4.78 is 6.65. The third kappa shape index (κ3) is 3.25. The van der Waals surface area contributed by atoms with Crippen LogP contribution in [0.4, 0.5) is 0 Å². The highest BCUT2D eigenvalue weighted by Gasteiger charge is 2.13. The lowest BCUT2D eigenvalue weighted by Crippen LogP contribution is -2.17. The van der Waals surface area contributed by atoms with Gasteiger partial charge in [-0.2, -0.15) is 0 Å². The molecule has 2 nitrogen and oxygen atoms in total. The van der Waals surface area contributed by atoms with Crippen molar-refractivity contribution >= 4 is 22.9 Å². The van der Waals surface area contributed by atoms with E-state index in [2.05, 4.69) is 19.1 Å². The standard InChI is InChI=1S/C14H16ClNOS/c1-2-10-3-5-11(6-4-10)17-12(9-16)13-7-8-14(15)18-13/h3-8,12H,2,9,16H2,1H3. The first-order chi connectivity index (χ1) is 8.72. The fourth-order valence-electron chi connectivity index (χ4n) is 1.69. The Hall–Kier alpha value is -1.03. The average Bonchev–Trinajstić information content (AvgIpc) is 2.83. The van der Waals surface area contributed by atoms with Crippen molar-refractivity contribution in [1.29, 1.82) is 0 Å². The Labute approximate surface area is 116 Å². The summed E-state index contributed by atoms with van der Waals surface area (Å²) in [7, 11) is 0. The molecule has 4 heteroatoms. The molecule has 1 aromatic heterocycles. The van der Waals surface area contributed by atoms with Crippen molar-refractivity contribution in [2.75, 3.05) is 6.54 Å². The molecule has 2 N–H and O–H groups in total. The molecule has 0 bridgehead atoms. The van der Waals surface area contributed by atoms with Crippen LogP contribution < -0.4 is 10.5 Å². The van der Waals surface area contributed by atoms with Crippen LogP contribution in [0, 0.1) is 0 Å². The maximum atomic E-state index is 5.93. The number of halogens is 1. The van der Waals surface area contributed by atoms with Crippen molar-refractivity contribution in [2.24, 2.45) is 5.73 Å². The lowest BCUT2D eigenvalue weighted by Gasteiger charge is -2.16. The van der Waals surface area contributed by atoms with Crippen molar-refractivity contribution in [3.8, 4) is 5.75 Å². The van der Waals surface area contributed by atoms with Gasteiger partial charge in [0.25, 0.3) is 0 Å². The normalized spacial score (nSPS) is 12.4. The molecule has 18 heavy (non-hydrogen) atoms. The lowest BCUT2D eigenvalue weighted by atomic mass is 10.2. The number of ether oxygens (including phenoxy) is 1. The van der Waals surface area contributed by atoms with Gasteiger partial charge in [0.2, 0.25) is 0 Å². The summed E-state index contributed by atoms with van der Waals surface area (Å²) in [4.78, 5) is 1.06. The predicted molar refractivity (Wildman–Crippen MR) is 77.6 cm³/mol. The third-order valence-corrected chi connectivity index (χ3v) is 4.06. The molecule has 2 rings (SSSR count). The average molecular weight is 282 g/mol. The van der Waals surface area contributed by atoms with E-state index in [1.807, 2.05) is 24.3 Å². The Kier molecular flexibility index (Phi) is 4.64. The fourth-order valence-corrected chi connectivity index (χ4v) is 2.80. The minimum atomic E-state index is -0.130. The number of rotatable bonds is 5. The molecule has 0 saturated heterocycles. The molecule has 0 radical (unpaired) electrons. The van der Waals surface area contributed by atoms with E-state index in [4.69, 9.17) is 22.1 Å². The van der Waals surface area contributed by atoms with Gasteiger partial charge in [0.15, 0.2) is 0 Å². The number of hydrogen-bond acceptors (Lipinski definition) is 3. The van der Waals surface area contributed by atoms with Crippen molar-refractivity contribution in [2.45, 2.75) is 19.4 Å². The lowest BCUT2D eigenvalue weighted by molar-refractivity contribution is 0.218. The van der Waals surface area contributed by atoms with Crippen LogP contribution in [0.25, 0.3) is 0 Å². The van der Waals surface area contributed by atoms with Crippen LogP contribution in [0.5, 0.6) is 5.75 Å². The van der Waals surface area contributed by atoms with Gasteiger partial charge in [-0.3, -0.25) is 0 Å². The second kappa shape index (κ2) is 6.23. The fraction of sp³-hybridized carbons (Fsp3) is 0.286. The van der Waals surface area contributed by atoms with Gasteiger partial charge >= 0.3 is 0 Å². The molecule has 0 spiro atoms. The van der Waals surface area contributed by atoms with E-state index in [1.165, 1.54) is 16.9 Å². The zero-order valence-corrected chi connectivity index (χ0v) is 11.8. The second-order valence-electron chi connectivity index (χ2n) is 3.98. The van der Waals surface area contributed by atoms with Crippen molar-refractivity contribution in [1.82, 2.24) is 0 Å². The molecule has 0 fully saturated rings. The Balaban J connectivity index is 2.10. The maximum Gasteiger partial charge on any atom is 0.145 e. The summed E-state index contributed by atoms with van der Waals surface area (Å²) in [5.74, 6) is 0.840. The predicted octanol–water partition coefficient (Wildman–Crippen LogP) is 4.04. The number of nitrogens with two attached hydrogens (primary N) is 1. The van der Waals surface area contributed by atoms with Gasteiger partial charge < -0.3 is 10.5 Å². The topological polar surface area (TPSA) is 35.2 Å². The van der Waals surface area contributed by atoms with Crippen molar-refractivity contribution in [3.63, 3.8) is 0 Å². The van der Waals surface area contributed by atoms with Crippen LogP contribution in [-0.4, -0.2) is 6.54 Å². The van der Waals surface area contributed by atoms with E-state index < -0.39 is 0 Å². The van der Waals surface area contributed by atoms with E-state index in [1.54, 1.807) is 0 Å². The Bertz CT molecular complexity index is 495. The first-order valence-electron chi connectivity index (χ1n) is 5.93. The summed E-state index contributed by atoms with van der Waals surface area (Å²) >= 11 is 7.43. The molecule has 0 aliphatic rings. The number of benzene rings is 1. The highest BCUT2D eigenvalue weighted by atomic mass is 35.5. The van der Waals surface area contributed by atoms with Crippen LogP contribution in [0.3, 0.4) is 0 Å². The minimum Gasteiger partial charge on any atom is -0.484 e. The third-order valence-electron chi connectivity index (χ3n) is 2.74. The molecule has 2 aromatic rings. The quantitative estimate of drug-likeness (QED) is 0.898. The zero-order chi connectivity index (χ0) is 13.0. The van der Waals surface area contributed by atoms with Gasteiger partial charge in [0, 0.05) is 11.4 Å². The Morgan fingerprint density at radius 1 is 1.22 bits per heavy atom. The summed E-state index contributed by atoms with van der Waals surface area (Å²) in [6.07, 6.45) is 0.899. The van der Waals surface area contributed by atoms with E-state index in [9.17, 15) is 0 Å². The van der Waals surface area contributed by atoms with Crippen LogP contribution >= 0.6 is 22.9 Å². The largest absolute Gasteiger partial charge is 0.484 e. The smallest absolute Gasteiger partial charge is 0.145 e. The molecule has 1 atom stereocenters. The van der Waals surface area contributed by atoms with Gasteiger partial charge in [-0.05, 0) is 36.2 Å². The minimum absolute atomic E-state index is 0.130. The molecular weight excluding hydrogens is 266 g/mol. The number of aryl methyl sites for hydroxylation is 1. The van der Waals surface area contributed by atoms with Gasteiger partial charge in [-0.1, -0.05) is 30.7 Å². The first kappa shape index (κ1) is 13.4. The highest BCUT2D eigenvalue weighted by Crippen LogP contribution is 2.29. The molecule has 1 heterocycles. The number of thiophene rings is 1. The van der Waals surface area contributed by atoms with Gasteiger partial charge in [0.1, 0.15) is 11.9 Å². The van der Waals surface area contributed by atoms with Crippen molar-refractivity contribution in [3.05, 3.63) is 51.2 Å². The maximum absolute atomic E-state index is 5.93. The van der Waals surface area contributed by atoms with Crippen LogP contribution in [0.15, 0.2) is 36.4 Å². The van der Waals surface area contributed by atoms with Gasteiger partial charge in [-0.15, -0.1) is 11.3 Å². The zero-order valence-electron chi connectivity index (χ0n) is 10.2. The van der Waals surface area contributed by atoms with E-state index in [0.29, 0.717) is 6.54 Å². The molecule has 96 valence electrons. The van der Waals surface area contributed by atoms with E-state index in [-0.39, 0.29) is 6.10 Å². The molecule has 0 aliphatic carbocycles. The van der Waals surface area contributed by atoms with E-state index in [0.717, 1.165) is 21.4 Å². The SMILES string of the molecule is CCc1ccc(OC(CN)c2ccc(Cl)s2)cc1. The molecule has 1 aromatic carbocycles. The van der Waals surface area contributed by atoms with Gasteiger partial charge in [0.05, 0.1) is 4.34 Å². The van der Waals surface area contributed by atoms with Crippen LogP contribution in [-0.2, 0) is 6.42 Å². The second-order valence-corrected chi connectivity index (χ2v) is 5.73. The number of hydrogen-bond donors (Lipinski definition) is 1. The van der Waals surface area contributed by atoms with Gasteiger partial charge in [-0.25, -0.2) is 0 Å². The highest BCUT2D eigenvalue weighted by molar-refractivity contribution is 7.16. The molecule has 0 amide bonds. The summed E-state index contributed by atoms with van der Waals surface area (Å²) in [5, 5.41) is 0. The van der Waals surface area contributed by atoms with Crippen LogP contribution in [0.1, 0.15) is 23.5 Å². The molecule has 0 saturated carbocycles. The van der Waals surface area contributed by atoms with Crippen molar-refractivity contribution < 1.29 is 4.74 Å². The summed E-state index contributed by atoms with van der Waals surface area (Å²) in [6.45, 7) is 2.57. The Morgan fingerprint density at radius 2 is 1.94 bits per heavy atom. The monoisotopic (exact) mass is 281 g/mol. The molecule has 0 aliphatic heterocycles. The summed E-state index contributed by atoms with van der Waals surface area (Å²) in [5.41, 5.74) is 7.05. The van der Waals surface area contributed by atoms with Crippen LogP contribution in [0.2, 0.25) is 4.34 Å². The summed E-state index contributed by atoms with van der Waals surface area (Å²) in [6, 6.07) is 11.9. The Morgan fingerprint density at radius 3 is 2.44 bits per heavy atom. The first-order valence-corrected chi connectivity index (χ1v) is 7.13. The van der Waals surface area contributed by atoms with E-state index >= 15 is 0 Å². The molecule has 1 unspecified atom stereocenters.